The summed E-state index contributed by atoms with van der Waals surface area (Å²) in [6, 6.07) is 17.0. The summed E-state index contributed by atoms with van der Waals surface area (Å²) in [5.41, 5.74) is 9.52. The van der Waals surface area contributed by atoms with Crippen molar-refractivity contribution in [2.24, 2.45) is 5.73 Å². The Kier molecular flexibility index (Phi) is 5.77. The van der Waals surface area contributed by atoms with Crippen molar-refractivity contribution in [1.82, 2.24) is 4.98 Å². The Morgan fingerprint density at radius 3 is 2.39 bits per heavy atom. The molecule has 0 unspecified atom stereocenters. The number of fused-ring (bicyclic) bond motifs is 1. The van der Waals surface area contributed by atoms with Crippen LogP contribution in [0.15, 0.2) is 48.5 Å². The minimum atomic E-state index is 0.310. The van der Waals surface area contributed by atoms with Crippen LogP contribution in [-0.2, 0) is 6.54 Å². The second-order valence-electron chi connectivity index (χ2n) is 7.79. The van der Waals surface area contributed by atoms with Crippen LogP contribution >= 0.6 is 23.2 Å². The maximum atomic E-state index is 6.25. The Labute approximate surface area is 176 Å². The Morgan fingerprint density at radius 1 is 1.00 bits per heavy atom. The number of para-hydroxylation sites is 1. The van der Waals surface area contributed by atoms with Crippen LogP contribution in [0.25, 0.3) is 10.9 Å². The van der Waals surface area contributed by atoms with Gasteiger partial charge in [-0.25, -0.2) is 4.98 Å². The summed E-state index contributed by atoms with van der Waals surface area (Å²) in [7, 11) is 0. The first-order valence-electron chi connectivity index (χ1n) is 9.83. The molecular formula is C23H25Cl2N3. The van der Waals surface area contributed by atoms with Crippen LogP contribution in [0, 0.1) is 6.92 Å². The average Bonchev–Trinajstić information content (AvgIpc) is 2.66. The van der Waals surface area contributed by atoms with Crippen molar-refractivity contribution in [1.29, 1.82) is 0 Å². The van der Waals surface area contributed by atoms with Gasteiger partial charge in [0.05, 0.1) is 5.52 Å². The Morgan fingerprint density at radius 2 is 1.68 bits per heavy atom. The maximum Gasteiger partial charge on any atom is 0.130 e. The van der Waals surface area contributed by atoms with E-state index in [0.717, 1.165) is 49.1 Å². The molecule has 1 aromatic heterocycles. The van der Waals surface area contributed by atoms with Gasteiger partial charge in [0.2, 0.25) is 0 Å². The van der Waals surface area contributed by atoms with Crippen molar-refractivity contribution in [3.8, 4) is 0 Å². The number of aryl methyl sites for hydroxylation is 1. The second-order valence-corrected chi connectivity index (χ2v) is 8.66. The minimum Gasteiger partial charge on any atom is -0.349 e. The normalized spacial score (nSPS) is 19.7. The molecular weight excluding hydrogens is 389 g/mol. The monoisotopic (exact) mass is 413 g/mol. The first kappa shape index (κ1) is 19.5. The van der Waals surface area contributed by atoms with E-state index >= 15 is 0 Å². The van der Waals surface area contributed by atoms with E-state index in [1.54, 1.807) is 6.07 Å². The average molecular weight is 414 g/mol. The summed E-state index contributed by atoms with van der Waals surface area (Å²) in [6.45, 7) is 2.88. The molecule has 146 valence electrons. The molecule has 1 fully saturated rings. The highest BCUT2D eigenvalue weighted by atomic mass is 35.5. The number of anilines is 1. The van der Waals surface area contributed by atoms with Crippen LogP contribution in [0.2, 0.25) is 10.0 Å². The molecule has 0 bridgehead atoms. The van der Waals surface area contributed by atoms with Gasteiger partial charge in [-0.3, -0.25) is 0 Å². The summed E-state index contributed by atoms with van der Waals surface area (Å²) in [4.78, 5) is 7.41. The van der Waals surface area contributed by atoms with E-state index in [2.05, 4.69) is 36.1 Å². The molecule has 1 aliphatic carbocycles. The quantitative estimate of drug-likeness (QED) is 0.559. The van der Waals surface area contributed by atoms with Crippen molar-refractivity contribution in [2.45, 2.75) is 51.2 Å². The standard InChI is InChI=1S/C23H25Cl2N3/c1-15-10-23(27-22-5-3-2-4-21(15)22)28(20-8-6-19(26)7-9-20)14-16-11-17(24)13-18(25)12-16/h2-5,10-13,19-20H,6-9,14,26H2,1H3. The Balaban J connectivity index is 1.74. The highest BCUT2D eigenvalue weighted by molar-refractivity contribution is 6.34. The highest BCUT2D eigenvalue weighted by Gasteiger charge is 2.26. The maximum absolute atomic E-state index is 6.25. The van der Waals surface area contributed by atoms with Crippen molar-refractivity contribution < 1.29 is 0 Å². The van der Waals surface area contributed by atoms with E-state index in [1.807, 2.05) is 18.2 Å². The van der Waals surface area contributed by atoms with Crippen LogP contribution in [0.3, 0.4) is 0 Å². The zero-order chi connectivity index (χ0) is 19.7. The van der Waals surface area contributed by atoms with Gasteiger partial charge in [-0.1, -0.05) is 41.4 Å². The van der Waals surface area contributed by atoms with Gasteiger partial charge in [-0.2, -0.15) is 0 Å². The molecule has 2 aromatic carbocycles. The fourth-order valence-electron chi connectivity index (χ4n) is 4.19. The van der Waals surface area contributed by atoms with Crippen LogP contribution in [0.4, 0.5) is 5.82 Å². The van der Waals surface area contributed by atoms with E-state index in [1.165, 1.54) is 10.9 Å². The summed E-state index contributed by atoms with van der Waals surface area (Å²) >= 11 is 12.5. The molecule has 4 rings (SSSR count). The van der Waals surface area contributed by atoms with Crippen LogP contribution in [-0.4, -0.2) is 17.1 Å². The van der Waals surface area contributed by atoms with Gasteiger partial charge in [-0.15, -0.1) is 0 Å². The summed E-state index contributed by atoms with van der Waals surface area (Å²) in [5, 5.41) is 2.52. The highest BCUT2D eigenvalue weighted by Crippen LogP contribution is 2.31. The van der Waals surface area contributed by atoms with Gasteiger partial charge < -0.3 is 10.6 Å². The van der Waals surface area contributed by atoms with Crippen LogP contribution in [0.1, 0.15) is 36.8 Å². The number of benzene rings is 2. The number of hydrogen-bond donors (Lipinski definition) is 1. The van der Waals surface area contributed by atoms with Crippen molar-refractivity contribution >= 4 is 39.9 Å². The molecule has 0 amide bonds. The molecule has 3 nitrogen and oxygen atoms in total. The van der Waals surface area contributed by atoms with Gasteiger partial charge in [0, 0.05) is 34.1 Å². The summed E-state index contributed by atoms with van der Waals surface area (Å²) in [6.07, 6.45) is 4.24. The lowest BCUT2D eigenvalue weighted by Crippen LogP contribution is -2.41. The first-order valence-corrected chi connectivity index (χ1v) is 10.6. The number of hydrogen-bond acceptors (Lipinski definition) is 3. The minimum absolute atomic E-state index is 0.310. The predicted molar refractivity (Wildman–Crippen MR) is 119 cm³/mol. The second kappa shape index (κ2) is 8.28. The third kappa shape index (κ3) is 4.27. The molecule has 0 radical (unpaired) electrons. The fraction of sp³-hybridized carbons (Fsp3) is 0.348. The number of pyridine rings is 1. The number of halogens is 2. The van der Waals surface area contributed by atoms with Crippen LogP contribution < -0.4 is 10.6 Å². The lowest BCUT2D eigenvalue weighted by molar-refractivity contribution is 0.373. The van der Waals surface area contributed by atoms with E-state index in [9.17, 15) is 0 Å². The molecule has 28 heavy (non-hydrogen) atoms. The smallest absolute Gasteiger partial charge is 0.130 e. The van der Waals surface area contributed by atoms with Crippen molar-refractivity contribution in [3.05, 3.63) is 69.7 Å². The topological polar surface area (TPSA) is 42.1 Å². The zero-order valence-electron chi connectivity index (χ0n) is 16.0. The predicted octanol–water partition coefficient (Wildman–Crippen LogP) is 6.13. The van der Waals surface area contributed by atoms with E-state index in [4.69, 9.17) is 33.9 Å². The SMILES string of the molecule is Cc1cc(N(Cc2cc(Cl)cc(Cl)c2)C2CCC(N)CC2)nc2ccccc12. The van der Waals surface area contributed by atoms with Gasteiger partial charge >= 0.3 is 0 Å². The molecule has 0 spiro atoms. The van der Waals surface area contributed by atoms with Gasteiger partial charge in [0.25, 0.3) is 0 Å². The van der Waals surface area contributed by atoms with Crippen molar-refractivity contribution in [2.75, 3.05) is 4.90 Å². The first-order chi connectivity index (χ1) is 13.5. The zero-order valence-corrected chi connectivity index (χ0v) is 17.5. The van der Waals surface area contributed by atoms with E-state index < -0.39 is 0 Å². The summed E-state index contributed by atoms with van der Waals surface area (Å²) in [5.74, 6) is 1.01. The number of rotatable bonds is 4. The number of nitrogens with two attached hydrogens (primary N) is 1. The van der Waals surface area contributed by atoms with Gasteiger partial charge in [0.1, 0.15) is 5.82 Å². The molecule has 2 N–H and O–H groups in total. The fourth-order valence-corrected chi connectivity index (χ4v) is 4.76. The summed E-state index contributed by atoms with van der Waals surface area (Å²) < 4.78 is 0. The van der Waals surface area contributed by atoms with E-state index in [-0.39, 0.29) is 0 Å². The Bertz CT molecular complexity index is 960. The lowest BCUT2D eigenvalue weighted by Gasteiger charge is -2.37. The van der Waals surface area contributed by atoms with Gasteiger partial charge in [0.15, 0.2) is 0 Å². The molecule has 0 atom stereocenters. The largest absolute Gasteiger partial charge is 0.349 e. The van der Waals surface area contributed by atoms with Gasteiger partial charge in [-0.05, 0) is 74.1 Å². The third-order valence-electron chi connectivity index (χ3n) is 5.66. The molecule has 1 aliphatic rings. The number of aromatic nitrogens is 1. The van der Waals surface area contributed by atoms with Crippen molar-refractivity contribution in [3.63, 3.8) is 0 Å². The molecule has 3 aromatic rings. The van der Waals surface area contributed by atoms with Crippen LogP contribution in [0.5, 0.6) is 0 Å². The lowest BCUT2D eigenvalue weighted by atomic mass is 9.90. The molecule has 0 saturated heterocycles. The van der Waals surface area contributed by atoms with E-state index in [0.29, 0.717) is 22.1 Å². The Hall–Kier alpha value is -1.81. The molecule has 5 heteroatoms. The molecule has 1 heterocycles. The molecule has 0 aliphatic heterocycles. The third-order valence-corrected chi connectivity index (χ3v) is 6.10. The number of nitrogens with zero attached hydrogens (tertiary/aromatic N) is 2. The molecule has 1 saturated carbocycles.